The van der Waals surface area contributed by atoms with Crippen LogP contribution in [0.3, 0.4) is 0 Å². The van der Waals surface area contributed by atoms with Crippen molar-refractivity contribution in [1.29, 1.82) is 0 Å². The molecule has 0 unspecified atom stereocenters. The van der Waals surface area contributed by atoms with Gasteiger partial charge in [-0.1, -0.05) is 24.3 Å². The second-order valence-corrected chi connectivity index (χ2v) is 4.48. The molecular formula is C16H16ClNO2. The molecule has 20 heavy (non-hydrogen) atoms. The van der Waals surface area contributed by atoms with E-state index in [1.165, 1.54) is 0 Å². The number of ether oxygens (including phenoxy) is 1. The zero-order valence-electron chi connectivity index (χ0n) is 11.2. The molecule has 0 aliphatic heterocycles. The fourth-order valence-electron chi connectivity index (χ4n) is 1.81. The van der Waals surface area contributed by atoms with Crippen LogP contribution in [0.2, 0.25) is 0 Å². The molecule has 0 aromatic heterocycles. The van der Waals surface area contributed by atoms with Crippen LogP contribution in [0.25, 0.3) is 0 Å². The normalized spacial score (nSPS) is 10.1. The molecule has 0 aliphatic rings. The Kier molecular flexibility index (Phi) is 5.02. The summed E-state index contributed by atoms with van der Waals surface area (Å²) in [6.07, 6.45) is 0. The van der Waals surface area contributed by atoms with Crippen LogP contribution in [0.5, 0.6) is 5.75 Å². The number of alkyl halides is 1. The van der Waals surface area contributed by atoms with Crippen LogP contribution in [-0.4, -0.2) is 12.5 Å². The number of carbonyl (C=O) groups excluding carboxylic acids is 1. The average molecular weight is 290 g/mol. The third-order valence-electron chi connectivity index (χ3n) is 2.80. The summed E-state index contributed by atoms with van der Waals surface area (Å²) < 4.78 is 5.45. The number of halogens is 1. The SMILES string of the molecule is CCOc1ccccc1C(=O)Nc1ccc(CCl)cc1. The Hall–Kier alpha value is -2.00. The molecule has 0 saturated carbocycles. The lowest BCUT2D eigenvalue weighted by molar-refractivity contribution is 0.102. The minimum absolute atomic E-state index is 0.187. The standard InChI is InChI=1S/C16H16ClNO2/c1-2-20-15-6-4-3-5-14(15)16(19)18-13-9-7-12(11-17)8-10-13/h3-10H,2,11H2,1H3,(H,18,19). The van der Waals surface area contributed by atoms with Gasteiger partial charge in [-0.15, -0.1) is 11.6 Å². The van der Waals surface area contributed by atoms with E-state index in [4.69, 9.17) is 16.3 Å². The molecule has 0 fully saturated rings. The molecule has 1 amide bonds. The van der Waals surface area contributed by atoms with Gasteiger partial charge in [0.05, 0.1) is 12.2 Å². The fourth-order valence-corrected chi connectivity index (χ4v) is 1.99. The summed E-state index contributed by atoms with van der Waals surface area (Å²) in [6.45, 7) is 2.41. The number of hydrogen-bond acceptors (Lipinski definition) is 2. The molecule has 1 N–H and O–H groups in total. The van der Waals surface area contributed by atoms with Crippen LogP contribution < -0.4 is 10.1 Å². The van der Waals surface area contributed by atoms with Gasteiger partial charge < -0.3 is 10.1 Å². The van der Waals surface area contributed by atoms with Gasteiger partial charge >= 0.3 is 0 Å². The first-order valence-corrected chi connectivity index (χ1v) is 6.96. The van der Waals surface area contributed by atoms with Crippen molar-refractivity contribution in [3.63, 3.8) is 0 Å². The molecular weight excluding hydrogens is 274 g/mol. The number of rotatable bonds is 5. The van der Waals surface area contributed by atoms with Crippen LogP contribution in [0.1, 0.15) is 22.8 Å². The lowest BCUT2D eigenvalue weighted by atomic mass is 10.1. The Morgan fingerprint density at radius 2 is 1.85 bits per heavy atom. The topological polar surface area (TPSA) is 38.3 Å². The van der Waals surface area contributed by atoms with E-state index < -0.39 is 0 Å². The Bertz CT molecular complexity index is 581. The van der Waals surface area contributed by atoms with Crippen molar-refractivity contribution in [3.8, 4) is 5.75 Å². The van der Waals surface area contributed by atoms with Crippen molar-refractivity contribution in [3.05, 3.63) is 59.7 Å². The van der Waals surface area contributed by atoms with Crippen molar-refractivity contribution in [2.45, 2.75) is 12.8 Å². The Morgan fingerprint density at radius 3 is 2.50 bits per heavy atom. The molecule has 3 nitrogen and oxygen atoms in total. The van der Waals surface area contributed by atoms with Crippen LogP contribution in [0, 0.1) is 0 Å². The lowest BCUT2D eigenvalue weighted by Gasteiger charge is -2.10. The second kappa shape index (κ2) is 6.96. The Morgan fingerprint density at radius 1 is 1.15 bits per heavy atom. The molecule has 2 aromatic carbocycles. The highest BCUT2D eigenvalue weighted by molar-refractivity contribution is 6.17. The minimum Gasteiger partial charge on any atom is -0.493 e. The van der Waals surface area contributed by atoms with Crippen molar-refractivity contribution < 1.29 is 9.53 Å². The van der Waals surface area contributed by atoms with Crippen molar-refractivity contribution in [1.82, 2.24) is 0 Å². The van der Waals surface area contributed by atoms with E-state index in [1.807, 2.05) is 43.3 Å². The predicted octanol–water partition coefficient (Wildman–Crippen LogP) is 4.08. The maximum Gasteiger partial charge on any atom is 0.259 e. The molecule has 0 atom stereocenters. The van der Waals surface area contributed by atoms with Gasteiger partial charge in [0.1, 0.15) is 5.75 Å². The average Bonchev–Trinajstić information content (AvgIpc) is 2.49. The first-order chi connectivity index (χ1) is 9.74. The third kappa shape index (κ3) is 3.52. The van der Waals surface area contributed by atoms with Crippen molar-refractivity contribution >= 4 is 23.2 Å². The number of nitrogens with one attached hydrogen (secondary N) is 1. The molecule has 0 spiro atoms. The number of anilines is 1. The van der Waals surface area contributed by atoms with E-state index in [-0.39, 0.29) is 5.91 Å². The third-order valence-corrected chi connectivity index (χ3v) is 3.11. The van der Waals surface area contributed by atoms with E-state index in [1.54, 1.807) is 12.1 Å². The highest BCUT2D eigenvalue weighted by Crippen LogP contribution is 2.20. The summed E-state index contributed by atoms with van der Waals surface area (Å²) in [5.74, 6) is 0.860. The first kappa shape index (κ1) is 14.4. The van der Waals surface area contributed by atoms with Gasteiger partial charge in [-0.25, -0.2) is 0 Å². The molecule has 0 bridgehead atoms. The number of carbonyl (C=O) groups is 1. The summed E-state index contributed by atoms with van der Waals surface area (Å²) in [5.41, 5.74) is 2.27. The summed E-state index contributed by atoms with van der Waals surface area (Å²) in [4.78, 5) is 12.2. The monoisotopic (exact) mass is 289 g/mol. The Labute approximate surface area is 123 Å². The van der Waals surface area contributed by atoms with Crippen molar-refractivity contribution in [2.75, 3.05) is 11.9 Å². The molecule has 2 aromatic rings. The maximum absolute atomic E-state index is 12.2. The zero-order chi connectivity index (χ0) is 14.4. The second-order valence-electron chi connectivity index (χ2n) is 4.21. The maximum atomic E-state index is 12.2. The van der Waals surface area contributed by atoms with Crippen LogP contribution in [-0.2, 0) is 5.88 Å². The summed E-state index contributed by atoms with van der Waals surface area (Å²) >= 11 is 5.73. The molecule has 0 aliphatic carbocycles. The summed E-state index contributed by atoms with van der Waals surface area (Å²) in [5, 5.41) is 2.85. The van der Waals surface area contributed by atoms with E-state index >= 15 is 0 Å². The first-order valence-electron chi connectivity index (χ1n) is 6.42. The summed E-state index contributed by atoms with van der Waals surface area (Å²) in [7, 11) is 0. The molecule has 104 valence electrons. The summed E-state index contributed by atoms with van der Waals surface area (Å²) in [6, 6.07) is 14.6. The van der Waals surface area contributed by atoms with Gasteiger partial charge in [0, 0.05) is 11.6 Å². The lowest BCUT2D eigenvalue weighted by Crippen LogP contribution is -2.13. The van der Waals surface area contributed by atoms with Gasteiger partial charge in [-0.2, -0.15) is 0 Å². The molecule has 0 radical (unpaired) electrons. The molecule has 4 heteroatoms. The molecule has 0 heterocycles. The minimum atomic E-state index is -0.187. The van der Waals surface area contributed by atoms with Gasteiger partial charge in [-0.05, 0) is 36.8 Å². The fraction of sp³-hybridized carbons (Fsp3) is 0.188. The zero-order valence-corrected chi connectivity index (χ0v) is 12.0. The smallest absolute Gasteiger partial charge is 0.259 e. The Balaban J connectivity index is 2.15. The number of hydrogen-bond donors (Lipinski definition) is 1. The van der Waals surface area contributed by atoms with Crippen LogP contribution >= 0.6 is 11.6 Å². The van der Waals surface area contributed by atoms with Gasteiger partial charge in [0.2, 0.25) is 0 Å². The quantitative estimate of drug-likeness (QED) is 0.843. The highest BCUT2D eigenvalue weighted by Gasteiger charge is 2.11. The molecule has 2 rings (SSSR count). The van der Waals surface area contributed by atoms with Crippen LogP contribution in [0.15, 0.2) is 48.5 Å². The van der Waals surface area contributed by atoms with Gasteiger partial charge in [-0.3, -0.25) is 4.79 Å². The number of para-hydroxylation sites is 1. The van der Waals surface area contributed by atoms with Gasteiger partial charge in [0.15, 0.2) is 0 Å². The van der Waals surface area contributed by atoms with Crippen molar-refractivity contribution in [2.24, 2.45) is 0 Å². The molecule has 0 saturated heterocycles. The number of benzene rings is 2. The number of amides is 1. The van der Waals surface area contributed by atoms with E-state index in [9.17, 15) is 4.79 Å². The van der Waals surface area contributed by atoms with E-state index in [0.29, 0.717) is 23.8 Å². The van der Waals surface area contributed by atoms with Crippen LogP contribution in [0.4, 0.5) is 5.69 Å². The van der Waals surface area contributed by atoms with E-state index in [2.05, 4.69) is 5.32 Å². The van der Waals surface area contributed by atoms with E-state index in [0.717, 1.165) is 11.3 Å². The van der Waals surface area contributed by atoms with Gasteiger partial charge in [0.25, 0.3) is 5.91 Å². The largest absolute Gasteiger partial charge is 0.493 e. The highest BCUT2D eigenvalue weighted by atomic mass is 35.5. The predicted molar refractivity (Wildman–Crippen MR) is 81.6 cm³/mol.